The lowest BCUT2D eigenvalue weighted by molar-refractivity contribution is -0.133. The third-order valence-corrected chi connectivity index (χ3v) is 2.92. The van der Waals surface area contributed by atoms with Gasteiger partial charge in [0.15, 0.2) is 0 Å². The summed E-state index contributed by atoms with van der Waals surface area (Å²) >= 11 is 1.42. The van der Waals surface area contributed by atoms with E-state index in [1.807, 2.05) is 12.1 Å². The van der Waals surface area contributed by atoms with Crippen molar-refractivity contribution in [1.82, 2.24) is 0 Å². The van der Waals surface area contributed by atoms with E-state index in [0.29, 0.717) is 0 Å². The summed E-state index contributed by atoms with van der Waals surface area (Å²) in [6.07, 6.45) is 1.81. The summed E-state index contributed by atoms with van der Waals surface area (Å²) in [4.78, 5) is 10.2. The van der Waals surface area contributed by atoms with Gasteiger partial charge in [-0.1, -0.05) is 12.1 Å². The predicted molar refractivity (Wildman–Crippen MR) is 61.4 cm³/mol. The Morgan fingerprint density at radius 2 is 2.20 bits per heavy atom. The SMILES string of the molecule is O=C(O)CSCCCc1cccc(O)c1. The Morgan fingerprint density at radius 1 is 1.40 bits per heavy atom. The Bertz CT molecular complexity index is 325. The maximum absolute atomic E-state index is 10.2. The van der Waals surface area contributed by atoms with Gasteiger partial charge in [0.1, 0.15) is 5.75 Å². The average Bonchev–Trinajstić information content (AvgIpc) is 2.17. The van der Waals surface area contributed by atoms with Crippen LogP contribution in [-0.2, 0) is 11.2 Å². The van der Waals surface area contributed by atoms with E-state index in [9.17, 15) is 9.90 Å². The molecule has 0 radical (unpaired) electrons. The molecular weight excluding hydrogens is 212 g/mol. The van der Waals surface area contributed by atoms with Gasteiger partial charge in [-0.05, 0) is 36.3 Å². The number of aromatic hydroxyl groups is 1. The summed E-state index contributed by atoms with van der Waals surface area (Å²) in [5, 5.41) is 17.6. The molecule has 0 unspecified atom stereocenters. The van der Waals surface area contributed by atoms with Crippen LogP contribution in [0, 0.1) is 0 Å². The van der Waals surface area contributed by atoms with Crippen LogP contribution in [-0.4, -0.2) is 27.7 Å². The summed E-state index contributed by atoms with van der Waals surface area (Å²) in [5.74, 6) is 0.519. The van der Waals surface area contributed by atoms with E-state index in [-0.39, 0.29) is 11.5 Å². The van der Waals surface area contributed by atoms with Crippen LogP contribution < -0.4 is 0 Å². The fraction of sp³-hybridized carbons (Fsp3) is 0.364. The second-order valence-corrected chi connectivity index (χ2v) is 4.32. The lowest BCUT2D eigenvalue weighted by Crippen LogP contribution is -1.99. The zero-order valence-corrected chi connectivity index (χ0v) is 9.17. The van der Waals surface area contributed by atoms with Crippen molar-refractivity contribution in [3.8, 4) is 5.75 Å². The minimum absolute atomic E-state index is 0.167. The minimum Gasteiger partial charge on any atom is -0.508 e. The Kier molecular flexibility index (Phi) is 5.04. The zero-order chi connectivity index (χ0) is 11.1. The molecule has 0 aliphatic carbocycles. The molecule has 4 heteroatoms. The molecule has 0 amide bonds. The van der Waals surface area contributed by atoms with Crippen LogP contribution in [0.15, 0.2) is 24.3 Å². The van der Waals surface area contributed by atoms with Crippen LogP contribution in [0.4, 0.5) is 0 Å². The Balaban J connectivity index is 2.17. The normalized spacial score (nSPS) is 10.1. The van der Waals surface area contributed by atoms with Crippen molar-refractivity contribution in [2.75, 3.05) is 11.5 Å². The van der Waals surface area contributed by atoms with Gasteiger partial charge in [0.2, 0.25) is 0 Å². The standard InChI is InChI=1S/C11H14O3S/c12-10-5-1-3-9(7-10)4-2-6-15-8-11(13)14/h1,3,5,7,12H,2,4,6,8H2,(H,13,14). The third kappa shape index (κ3) is 5.32. The number of carboxylic acids is 1. The maximum atomic E-state index is 10.2. The minimum atomic E-state index is -0.766. The first-order valence-corrected chi connectivity index (χ1v) is 5.91. The Morgan fingerprint density at radius 3 is 2.87 bits per heavy atom. The molecule has 0 saturated carbocycles. The van der Waals surface area contributed by atoms with Gasteiger partial charge in [-0.15, -0.1) is 0 Å². The first-order chi connectivity index (χ1) is 7.18. The number of thioether (sulfide) groups is 1. The van der Waals surface area contributed by atoms with Gasteiger partial charge in [-0.25, -0.2) is 0 Å². The van der Waals surface area contributed by atoms with Crippen molar-refractivity contribution in [3.05, 3.63) is 29.8 Å². The molecule has 82 valence electrons. The number of hydrogen-bond donors (Lipinski definition) is 2. The molecule has 2 N–H and O–H groups in total. The van der Waals surface area contributed by atoms with Crippen molar-refractivity contribution in [1.29, 1.82) is 0 Å². The van der Waals surface area contributed by atoms with Crippen molar-refractivity contribution >= 4 is 17.7 Å². The van der Waals surface area contributed by atoms with Gasteiger partial charge in [0, 0.05) is 0 Å². The topological polar surface area (TPSA) is 57.5 Å². The van der Waals surface area contributed by atoms with Crippen molar-refractivity contribution < 1.29 is 15.0 Å². The summed E-state index contributed by atoms with van der Waals surface area (Å²) in [6.45, 7) is 0. The second kappa shape index (κ2) is 6.35. The quantitative estimate of drug-likeness (QED) is 0.730. The van der Waals surface area contributed by atoms with E-state index >= 15 is 0 Å². The van der Waals surface area contributed by atoms with E-state index in [1.165, 1.54) is 11.8 Å². The number of rotatable bonds is 6. The number of hydrogen-bond acceptors (Lipinski definition) is 3. The van der Waals surface area contributed by atoms with E-state index in [1.54, 1.807) is 12.1 Å². The molecule has 0 spiro atoms. The molecule has 0 aliphatic heterocycles. The monoisotopic (exact) mass is 226 g/mol. The average molecular weight is 226 g/mol. The first-order valence-electron chi connectivity index (χ1n) is 4.76. The highest BCUT2D eigenvalue weighted by Crippen LogP contribution is 2.13. The number of aliphatic carboxylic acids is 1. The fourth-order valence-corrected chi connectivity index (χ4v) is 1.92. The van der Waals surface area contributed by atoms with Crippen molar-refractivity contribution in [2.24, 2.45) is 0 Å². The number of aryl methyl sites for hydroxylation is 1. The lowest BCUT2D eigenvalue weighted by atomic mass is 10.1. The highest BCUT2D eigenvalue weighted by molar-refractivity contribution is 7.99. The summed E-state index contributed by atoms with van der Waals surface area (Å²) in [5.41, 5.74) is 1.09. The molecule has 1 rings (SSSR count). The van der Waals surface area contributed by atoms with Crippen LogP contribution in [0.25, 0.3) is 0 Å². The van der Waals surface area contributed by atoms with E-state index < -0.39 is 5.97 Å². The number of phenols is 1. The Labute approximate surface area is 93.1 Å². The number of carbonyl (C=O) groups is 1. The van der Waals surface area contributed by atoms with Crippen LogP contribution in [0.1, 0.15) is 12.0 Å². The van der Waals surface area contributed by atoms with Crippen LogP contribution >= 0.6 is 11.8 Å². The van der Waals surface area contributed by atoms with Gasteiger partial charge in [-0.3, -0.25) is 4.79 Å². The molecule has 0 aromatic heterocycles. The number of phenolic OH excluding ortho intramolecular Hbond substituents is 1. The molecule has 15 heavy (non-hydrogen) atoms. The van der Waals surface area contributed by atoms with Crippen molar-refractivity contribution in [2.45, 2.75) is 12.8 Å². The zero-order valence-electron chi connectivity index (χ0n) is 8.35. The van der Waals surface area contributed by atoms with Gasteiger partial charge < -0.3 is 10.2 Å². The van der Waals surface area contributed by atoms with Crippen LogP contribution in [0.2, 0.25) is 0 Å². The largest absolute Gasteiger partial charge is 0.508 e. The molecule has 1 aromatic rings. The Hall–Kier alpha value is -1.16. The fourth-order valence-electron chi connectivity index (χ4n) is 1.25. The summed E-state index contributed by atoms with van der Waals surface area (Å²) in [6, 6.07) is 7.15. The number of carboxylic acid groups (broad SMARTS) is 1. The molecular formula is C11H14O3S. The highest BCUT2D eigenvalue weighted by Gasteiger charge is 1.98. The van der Waals surface area contributed by atoms with Crippen molar-refractivity contribution in [3.63, 3.8) is 0 Å². The molecule has 1 aromatic carbocycles. The van der Waals surface area contributed by atoms with Gasteiger partial charge in [0.05, 0.1) is 5.75 Å². The molecule has 0 atom stereocenters. The molecule has 0 saturated heterocycles. The molecule has 0 aliphatic rings. The highest BCUT2D eigenvalue weighted by atomic mass is 32.2. The summed E-state index contributed by atoms with van der Waals surface area (Å²) < 4.78 is 0. The van der Waals surface area contributed by atoms with E-state index in [0.717, 1.165) is 24.2 Å². The lowest BCUT2D eigenvalue weighted by Gasteiger charge is -2.01. The van der Waals surface area contributed by atoms with Crippen LogP contribution in [0.3, 0.4) is 0 Å². The van der Waals surface area contributed by atoms with Gasteiger partial charge >= 0.3 is 5.97 Å². The summed E-state index contributed by atoms with van der Waals surface area (Å²) in [7, 11) is 0. The third-order valence-electron chi connectivity index (χ3n) is 1.89. The predicted octanol–water partition coefficient (Wildman–Crippen LogP) is 2.14. The molecule has 3 nitrogen and oxygen atoms in total. The molecule has 0 bridgehead atoms. The molecule has 0 heterocycles. The van der Waals surface area contributed by atoms with E-state index in [4.69, 9.17) is 5.11 Å². The first kappa shape index (κ1) is 11.9. The second-order valence-electron chi connectivity index (χ2n) is 3.22. The maximum Gasteiger partial charge on any atom is 0.313 e. The van der Waals surface area contributed by atoms with Crippen LogP contribution in [0.5, 0.6) is 5.75 Å². The van der Waals surface area contributed by atoms with E-state index in [2.05, 4.69) is 0 Å². The van der Waals surface area contributed by atoms with Gasteiger partial charge in [0.25, 0.3) is 0 Å². The molecule has 0 fully saturated rings. The van der Waals surface area contributed by atoms with Gasteiger partial charge in [-0.2, -0.15) is 11.8 Å². The smallest absolute Gasteiger partial charge is 0.313 e. The number of benzene rings is 1.